The number of benzene rings is 1. The molecule has 1 aromatic carbocycles. The Morgan fingerprint density at radius 1 is 1.29 bits per heavy atom. The molecule has 1 N–H and O–H groups in total. The number of ether oxygens (including phenoxy) is 2. The lowest BCUT2D eigenvalue weighted by molar-refractivity contribution is -0.138. The monoisotopic (exact) mass is 412 g/mol. The fraction of sp³-hybridized carbons (Fsp3) is 0.600. The van der Waals surface area contributed by atoms with E-state index >= 15 is 0 Å². The molecule has 154 valence electrons. The van der Waals surface area contributed by atoms with Crippen molar-refractivity contribution < 1.29 is 23.5 Å². The van der Waals surface area contributed by atoms with Crippen molar-refractivity contribution in [2.75, 3.05) is 26.2 Å². The molecular weight excluding hydrogens is 387 g/mol. The first kappa shape index (κ1) is 20.9. The van der Waals surface area contributed by atoms with Crippen LogP contribution in [-0.4, -0.2) is 49.2 Å². The molecule has 0 bridgehead atoms. The van der Waals surface area contributed by atoms with Crippen LogP contribution in [-0.2, 0) is 20.9 Å². The summed E-state index contributed by atoms with van der Waals surface area (Å²) in [7, 11) is 0. The van der Waals surface area contributed by atoms with Crippen molar-refractivity contribution in [1.82, 2.24) is 10.2 Å². The van der Waals surface area contributed by atoms with Crippen LogP contribution in [0.25, 0.3) is 0 Å². The van der Waals surface area contributed by atoms with Gasteiger partial charge in [-0.3, -0.25) is 4.79 Å². The topological polar surface area (TPSA) is 67.9 Å². The highest BCUT2D eigenvalue weighted by Crippen LogP contribution is 2.23. The number of carbonyl (C=O) groups is 2. The van der Waals surface area contributed by atoms with Crippen molar-refractivity contribution in [3.63, 3.8) is 0 Å². The fourth-order valence-corrected chi connectivity index (χ4v) is 3.85. The Morgan fingerprint density at radius 3 is 2.82 bits per heavy atom. The molecule has 2 aliphatic rings. The number of amides is 2. The Kier molecular flexibility index (Phi) is 7.50. The van der Waals surface area contributed by atoms with Gasteiger partial charge < -0.3 is 19.7 Å². The summed E-state index contributed by atoms with van der Waals surface area (Å²) in [5.41, 5.74) is 0.761. The standard InChI is InChI=1S/C20H26ClFN2O4/c21-18-12-16(22)4-3-15(18)13-28-17-6-9-24(10-7-17)19(25)14-2-1-11-27-20(26)23-8-5-14/h3-4,12,14,17H,1-2,5-11,13H2,(H,23,26)/t14-/m0/s1. The lowest BCUT2D eigenvalue weighted by atomic mass is 9.96. The second-order valence-electron chi connectivity index (χ2n) is 7.26. The number of piperidine rings is 1. The maximum absolute atomic E-state index is 13.1. The predicted molar refractivity (Wildman–Crippen MR) is 102 cm³/mol. The molecule has 2 saturated heterocycles. The van der Waals surface area contributed by atoms with Crippen molar-refractivity contribution in [2.45, 2.75) is 44.8 Å². The van der Waals surface area contributed by atoms with Gasteiger partial charge in [0.15, 0.2) is 0 Å². The highest BCUT2D eigenvalue weighted by Gasteiger charge is 2.29. The van der Waals surface area contributed by atoms with E-state index in [1.165, 1.54) is 12.1 Å². The third-order valence-electron chi connectivity index (χ3n) is 5.28. The average molecular weight is 413 g/mol. The van der Waals surface area contributed by atoms with Crippen LogP contribution >= 0.6 is 11.6 Å². The molecular formula is C20H26ClFN2O4. The smallest absolute Gasteiger partial charge is 0.407 e. The first-order valence-corrected chi connectivity index (χ1v) is 10.2. The summed E-state index contributed by atoms with van der Waals surface area (Å²) in [6, 6.07) is 4.29. The molecule has 1 aromatic rings. The molecule has 0 aromatic heterocycles. The summed E-state index contributed by atoms with van der Waals surface area (Å²) in [5, 5.41) is 3.04. The van der Waals surface area contributed by atoms with Gasteiger partial charge in [0.1, 0.15) is 5.82 Å². The van der Waals surface area contributed by atoms with Crippen LogP contribution < -0.4 is 5.32 Å². The van der Waals surface area contributed by atoms with Gasteiger partial charge in [0.05, 0.1) is 19.3 Å². The highest BCUT2D eigenvalue weighted by molar-refractivity contribution is 6.31. The van der Waals surface area contributed by atoms with Crippen molar-refractivity contribution in [3.8, 4) is 0 Å². The van der Waals surface area contributed by atoms with Crippen LogP contribution in [0, 0.1) is 11.7 Å². The number of nitrogens with zero attached hydrogens (tertiary/aromatic N) is 1. The lowest BCUT2D eigenvalue weighted by Crippen LogP contribution is -2.44. The van der Waals surface area contributed by atoms with E-state index in [1.54, 1.807) is 6.07 Å². The molecule has 2 fully saturated rings. The van der Waals surface area contributed by atoms with Gasteiger partial charge in [0.25, 0.3) is 0 Å². The van der Waals surface area contributed by atoms with Gasteiger partial charge in [-0.2, -0.15) is 0 Å². The minimum Gasteiger partial charge on any atom is -0.450 e. The predicted octanol–water partition coefficient (Wildman–Crippen LogP) is 3.51. The molecule has 0 aliphatic carbocycles. The van der Waals surface area contributed by atoms with Crippen molar-refractivity contribution in [1.29, 1.82) is 0 Å². The van der Waals surface area contributed by atoms with Gasteiger partial charge in [-0.05, 0) is 49.8 Å². The van der Waals surface area contributed by atoms with Gasteiger partial charge in [0.2, 0.25) is 5.91 Å². The quantitative estimate of drug-likeness (QED) is 0.821. The Hall–Kier alpha value is -1.86. The summed E-state index contributed by atoms with van der Waals surface area (Å²) in [4.78, 5) is 26.1. The largest absolute Gasteiger partial charge is 0.450 e. The van der Waals surface area contributed by atoms with Crippen molar-refractivity contribution in [3.05, 3.63) is 34.6 Å². The molecule has 6 nitrogen and oxygen atoms in total. The summed E-state index contributed by atoms with van der Waals surface area (Å²) in [6.45, 7) is 2.44. The van der Waals surface area contributed by atoms with E-state index < -0.39 is 6.09 Å². The Balaban J connectivity index is 1.44. The Morgan fingerprint density at radius 2 is 2.07 bits per heavy atom. The van der Waals surface area contributed by atoms with E-state index in [4.69, 9.17) is 21.1 Å². The second kappa shape index (κ2) is 10.1. The lowest BCUT2D eigenvalue weighted by Gasteiger charge is -2.34. The Labute approximate surface area is 169 Å². The third-order valence-corrected chi connectivity index (χ3v) is 5.64. The normalized spacial score (nSPS) is 21.9. The molecule has 1 atom stereocenters. The zero-order valence-corrected chi connectivity index (χ0v) is 16.5. The van der Waals surface area contributed by atoms with Gasteiger partial charge in [0, 0.05) is 30.6 Å². The number of likely N-dealkylation sites (tertiary alicyclic amines) is 1. The van der Waals surface area contributed by atoms with E-state index in [2.05, 4.69) is 5.32 Å². The van der Waals surface area contributed by atoms with E-state index in [0.717, 1.165) is 24.8 Å². The van der Waals surface area contributed by atoms with E-state index in [-0.39, 0.29) is 23.7 Å². The van der Waals surface area contributed by atoms with Crippen LogP contribution in [0.2, 0.25) is 5.02 Å². The summed E-state index contributed by atoms with van der Waals surface area (Å²) in [5.74, 6) is -0.301. The SMILES string of the molecule is O=C1NCC[C@@H](C(=O)N2CCC(OCc3ccc(F)cc3Cl)CC2)CCCO1. The van der Waals surface area contributed by atoms with Gasteiger partial charge in [-0.15, -0.1) is 0 Å². The minimum absolute atomic E-state index is 0.0541. The number of rotatable bonds is 4. The molecule has 8 heteroatoms. The van der Waals surface area contributed by atoms with Crippen LogP contribution in [0.1, 0.15) is 37.7 Å². The Bertz CT molecular complexity index is 695. The fourth-order valence-electron chi connectivity index (χ4n) is 3.63. The number of halogens is 2. The number of carbonyl (C=O) groups excluding carboxylic acids is 2. The minimum atomic E-state index is -0.410. The maximum Gasteiger partial charge on any atom is 0.407 e. The molecule has 2 amide bonds. The molecule has 0 unspecified atom stereocenters. The zero-order chi connectivity index (χ0) is 19.9. The van der Waals surface area contributed by atoms with Crippen molar-refractivity contribution >= 4 is 23.6 Å². The molecule has 0 saturated carbocycles. The van der Waals surface area contributed by atoms with Crippen LogP contribution in [0.4, 0.5) is 9.18 Å². The molecule has 2 heterocycles. The summed E-state index contributed by atoms with van der Waals surface area (Å²) >= 11 is 6.04. The zero-order valence-electron chi connectivity index (χ0n) is 15.8. The first-order chi connectivity index (χ1) is 13.5. The number of hydrogen-bond donors (Lipinski definition) is 1. The number of nitrogens with one attached hydrogen (secondary N) is 1. The first-order valence-electron chi connectivity index (χ1n) is 9.78. The van der Waals surface area contributed by atoms with E-state index in [1.807, 2.05) is 4.90 Å². The van der Waals surface area contributed by atoms with Crippen LogP contribution in [0.3, 0.4) is 0 Å². The number of hydrogen-bond acceptors (Lipinski definition) is 4. The summed E-state index contributed by atoms with van der Waals surface area (Å²) < 4.78 is 24.0. The average Bonchev–Trinajstić information content (AvgIpc) is 2.79. The van der Waals surface area contributed by atoms with E-state index in [9.17, 15) is 14.0 Å². The van der Waals surface area contributed by atoms with Crippen LogP contribution in [0.5, 0.6) is 0 Å². The molecule has 0 radical (unpaired) electrons. The molecule has 28 heavy (non-hydrogen) atoms. The van der Waals surface area contributed by atoms with E-state index in [0.29, 0.717) is 50.7 Å². The maximum atomic E-state index is 13.1. The van der Waals surface area contributed by atoms with Crippen molar-refractivity contribution in [2.24, 2.45) is 5.92 Å². The molecule has 0 spiro atoms. The van der Waals surface area contributed by atoms with Gasteiger partial charge in [-0.1, -0.05) is 17.7 Å². The summed E-state index contributed by atoms with van der Waals surface area (Å²) in [6.07, 6.45) is 3.22. The molecule has 2 aliphatic heterocycles. The highest BCUT2D eigenvalue weighted by atomic mass is 35.5. The van der Waals surface area contributed by atoms with Gasteiger partial charge in [-0.25, -0.2) is 9.18 Å². The molecule has 3 rings (SSSR count). The third kappa shape index (κ3) is 5.82. The number of alkyl carbamates (subject to hydrolysis) is 1. The van der Waals surface area contributed by atoms with Gasteiger partial charge >= 0.3 is 6.09 Å². The number of cyclic esters (lactones) is 1. The second-order valence-corrected chi connectivity index (χ2v) is 7.67. The van der Waals surface area contributed by atoms with Crippen LogP contribution in [0.15, 0.2) is 18.2 Å².